The van der Waals surface area contributed by atoms with Gasteiger partial charge in [-0.15, -0.1) is 0 Å². The Morgan fingerprint density at radius 1 is 1.17 bits per heavy atom. The average molecular weight is 411 g/mol. The molecule has 3 rings (SSSR count). The quantitative estimate of drug-likeness (QED) is 0.579. The van der Waals surface area contributed by atoms with Crippen LogP contribution < -0.4 is 10.1 Å². The Morgan fingerprint density at radius 2 is 1.87 bits per heavy atom. The lowest BCUT2D eigenvalue weighted by Gasteiger charge is -2.25. The molecule has 7 heteroatoms. The summed E-state index contributed by atoms with van der Waals surface area (Å²) in [5.41, 5.74) is 1.84. The molecule has 1 aromatic heterocycles. The van der Waals surface area contributed by atoms with Crippen LogP contribution in [-0.4, -0.2) is 43.5 Å². The van der Waals surface area contributed by atoms with Crippen LogP contribution in [0.3, 0.4) is 0 Å². The van der Waals surface area contributed by atoms with E-state index in [1.165, 1.54) is 12.1 Å². The molecule has 0 aliphatic carbocycles. The Hall–Kier alpha value is -3.19. The first kappa shape index (κ1) is 21.5. The number of benzene rings is 2. The van der Waals surface area contributed by atoms with Gasteiger partial charge in [0.15, 0.2) is 11.7 Å². The van der Waals surface area contributed by atoms with E-state index in [9.17, 15) is 9.18 Å². The van der Waals surface area contributed by atoms with E-state index in [1.807, 2.05) is 43.3 Å². The number of oxazole rings is 1. The molecule has 0 saturated heterocycles. The van der Waals surface area contributed by atoms with Gasteiger partial charge in [-0.05, 0) is 56.1 Å². The maximum absolute atomic E-state index is 13.2. The fourth-order valence-electron chi connectivity index (χ4n) is 3.12. The van der Waals surface area contributed by atoms with E-state index in [-0.39, 0.29) is 24.2 Å². The summed E-state index contributed by atoms with van der Waals surface area (Å²) in [6.45, 7) is 0.431. The third-order valence-corrected chi connectivity index (χ3v) is 4.86. The molecule has 158 valence electrons. The standard InChI is InChI=1S/C23H26FN3O3/c1-27(2)20(16-4-8-18(24)9-5-16)14-25-22(28)12-13-23-26-15-21(30-23)17-6-10-19(29-3)11-7-17/h4-11,15,20H,12-14H2,1-3H3,(H,25,28). The molecule has 0 aliphatic rings. The molecule has 1 atom stereocenters. The summed E-state index contributed by atoms with van der Waals surface area (Å²) in [7, 11) is 5.47. The number of likely N-dealkylation sites (N-methyl/N-ethyl adjacent to an activating group) is 1. The topological polar surface area (TPSA) is 67.6 Å². The van der Waals surface area contributed by atoms with Crippen molar-refractivity contribution < 1.29 is 18.3 Å². The number of hydrogen-bond donors (Lipinski definition) is 1. The molecule has 30 heavy (non-hydrogen) atoms. The van der Waals surface area contributed by atoms with E-state index in [2.05, 4.69) is 10.3 Å². The van der Waals surface area contributed by atoms with Crippen LogP contribution in [0.25, 0.3) is 11.3 Å². The zero-order valence-corrected chi connectivity index (χ0v) is 17.4. The van der Waals surface area contributed by atoms with Crippen LogP contribution in [-0.2, 0) is 11.2 Å². The lowest BCUT2D eigenvalue weighted by Crippen LogP contribution is -2.34. The first-order chi connectivity index (χ1) is 14.5. The van der Waals surface area contributed by atoms with Gasteiger partial charge in [-0.1, -0.05) is 12.1 Å². The van der Waals surface area contributed by atoms with Crippen molar-refractivity contribution in [3.63, 3.8) is 0 Å². The van der Waals surface area contributed by atoms with Crippen molar-refractivity contribution in [3.05, 3.63) is 72.0 Å². The van der Waals surface area contributed by atoms with Crippen molar-refractivity contribution in [3.8, 4) is 17.1 Å². The van der Waals surface area contributed by atoms with Crippen LogP contribution in [0.2, 0.25) is 0 Å². The van der Waals surface area contributed by atoms with Gasteiger partial charge in [-0.3, -0.25) is 4.79 Å². The maximum atomic E-state index is 13.2. The zero-order valence-electron chi connectivity index (χ0n) is 17.4. The number of aryl methyl sites for hydroxylation is 1. The molecular formula is C23H26FN3O3. The average Bonchev–Trinajstić information content (AvgIpc) is 3.22. The molecule has 1 heterocycles. The Labute approximate surface area is 175 Å². The molecule has 3 aromatic rings. The number of nitrogens with zero attached hydrogens (tertiary/aromatic N) is 2. The molecular weight excluding hydrogens is 385 g/mol. The minimum absolute atomic E-state index is 0.0436. The predicted molar refractivity (Wildman–Crippen MR) is 113 cm³/mol. The summed E-state index contributed by atoms with van der Waals surface area (Å²) in [5.74, 6) is 1.57. The van der Waals surface area contributed by atoms with Crippen molar-refractivity contribution >= 4 is 5.91 Å². The van der Waals surface area contributed by atoms with E-state index in [0.29, 0.717) is 24.6 Å². The minimum atomic E-state index is -0.278. The second kappa shape index (κ2) is 10.0. The summed E-state index contributed by atoms with van der Waals surface area (Å²) in [6, 6.07) is 13.8. The fraction of sp³-hybridized carbons (Fsp3) is 0.304. The largest absolute Gasteiger partial charge is 0.497 e. The third kappa shape index (κ3) is 5.67. The molecule has 0 saturated carbocycles. The normalized spacial score (nSPS) is 12.0. The number of carbonyl (C=O) groups is 1. The molecule has 0 aliphatic heterocycles. The molecule has 0 spiro atoms. The number of carbonyl (C=O) groups excluding carboxylic acids is 1. The SMILES string of the molecule is COc1ccc(-c2cnc(CCC(=O)NCC(c3ccc(F)cc3)N(C)C)o2)cc1. The molecule has 0 radical (unpaired) electrons. The summed E-state index contributed by atoms with van der Waals surface area (Å²) in [4.78, 5) is 18.6. The number of nitrogens with one attached hydrogen (secondary N) is 1. The lowest BCUT2D eigenvalue weighted by molar-refractivity contribution is -0.121. The third-order valence-electron chi connectivity index (χ3n) is 4.86. The van der Waals surface area contributed by atoms with Crippen LogP contribution >= 0.6 is 0 Å². The van der Waals surface area contributed by atoms with Crippen molar-refractivity contribution in [2.24, 2.45) is 0 Å². The van der Waals surface area contributed by atoms with Gasteiger partial charge in [0.05, 0.1) is 19.3 Å². The molecule has 2 aromatic carbocycles. The van der Waals surface area contributed by atoms with Crippen molar-refractivity contribution in [1.82, 2.24) is 15.2 Å². The Kier molecular flexibility index (Phi) is 7.19. The van der Waals surface area contributed by atoms with Crippen LogP contribution in [0.1, 0.15) is 23.9 Å². The number of amides is 1. The molecule has 0 fully saturated rings. The van der Waals surface area contributed by atoms with Crippen LogP contribution in [0.4, 0.5) is 4.39 Å². The first-order valence-electron chi connectivity index (χ1n) is 9.74. The molecule has 1 amide bonds. The van der Waals surface area contributed by atoms with Crippen LogP contribution in [0.15, 0.2) is 59.1 Å². The van der Waals surface area contributed by atoms with Gasteiger partial charge < -0.3 is 19.4 Å². The van der Waals surface area contributed by atoms with E-state index >= 15 is 0 Å². The highest BCUT2D eigenvalue weighted by Gasteiger charge is 2.16. The summed E-state index contributed by atoms with van der Waals surface area (Å²) < 4.78 is 24.1. The number of methoxy groups -OCH3 is 1. The predicted octanol–water partition coefficient (Wildman–Crippen LogP) is 3.84. The molecule has 0 bridgehead atoms. The second-order valence-electron chi connectivity index (χ2n) is 7.18. The highest BCUT2D eigenvalue weighted by molar-refractivity contribution is 5.76. The molecule has 1 unspecified atom stereocenters. The summed E-state index contributed by atoms with van der Waals surface area (Å²) in [5, 5.41) is 2.94. The Balaban J connectivity index is 1.51. The number of rotatable bonds is 9. The molecule has 1 N–H and O–H groups in total. The van der Waals surface area contributed by atoms with Gasteiger partial charge in [0.1, 0.15) is 11.6 Å². The van der Waals surface area contributed by atoms with Crippen LogP contribution in [0.5, 0.6) is 5.75 Å². The van der Waals surface area contributed by atoms with Gasteiger partial charge in [0, 0.05) is 24.9 Å². The van der Waals surface area contributed by atoms with E-state index in [1.54, 1.807) is 25.4 Å². The monoisotopic (exact) mass is 411 g/mol. The van der Waals surface area contributed by atoms with Gasteiger partial charge in [0.25, 0.3) is 0 Å². The number of ether oxygens (including phenoxy) is 1. The smallest absolute Gasteiger partial charge is 0.220 e. The van der Waals surface area contributed by atoms with Gasteiger partial charge in [0.2, 0.25) is 5.91 Å². The maximum Gasteiger partial charge on any atom is 0.220 e. The highest BCUT2D eigenvalue weighted by atomic mass is 19.1. The van der Waals surface area contributed by atoms with Crippen molar-refractivity contribution in [2.75, 3.05) is 27.7 Å². The van der Waals surface area contributed by atoms with E-state index in [4.69, 9.17) is 9.15 Å². The van der Waals surface area contributed by atoms with E-state index in [0.717, 1.165) is 16.9 Å². The first-order valence-corrected chi connectivity index (χ1v) is 9.74. The van der Waals surface area contributed by atoms with E-state index < -0.39 is 0 Å². The van der Waals surface area contributed by atoms with Crippen molar-refractivity contribution in [1.29, 1.82) is 0 Å². The van der Waals surface area contributed by atoms with Gasteiger partial charge >= 0.3 is 0 Å². The fourth-order valence-corrected chi connectivity index (χ4v) is 3.12. The minimum Gasteiger partial charge on any atom is -0.497 e. The molecule has 6 nitrogen and oxygen atoms in total. The summed E-state index contributed by atoms with van der Waals surface area (Å²) in [6.07, 6.45) is 2.34. The van der Waals surface area contributed by atoms with Gasteiger partial charge in [-0.2, -0.15) is 0 Å². The lowest BCUT2D eigenvalue weighted by atomic mass is 10.1. The number of halogens is 1. The number of aromatic nitrogens is 1. The number of hydrogen-bond acceptors (Lipinski definition) is 5. The van der Waals surface area contributed by atoms with Crippen molar-refractivity contribution in [2.45, 2.75) is 18.9 Å². The highest BCUT2D eigenvalue weighted by Crippen LogP contribution is 2.23. The Bertz CT molecular complexity index is 953. The van der Waals surface area contributed by atoms with Gasteiger partial charge in [-0.25, -0.2) is 9.37 Å². The zero-order chi connectivity index (χ0) is 21.5. The summed E-state index contributed by atoms with van der Waals surface area (Å²) >= 11 is 0. The van der Waals surface area contributed by atoms with Crippen LogP contribution in [0, 0.1) is 5.82 Å². The second-order valence-corrected chi connectivity index (χ2v) is 7.18. The Morgan fingerprint density at radius 3 is 2.50 bits per heavy atom.